The Balaban J connectivity index is 1.99. The molecular weight excluding hydrogens is 196 g/mol. The van der Waals surface area contributed by atoms with E-state index < -0.39 is 0 Å². The van der Waals surface area contributed by atoms with Crippen LogP contribution in [0, 0.1) is 0 Å². The van der Waals surface area contributed by atoms with Crippen LogP contribution in [0.4, 0.5) is 0 Å². The Bertz CT molecular complexity index is 203. The van der Waals surface area contributed by atoms with Crippen LogP contribution in [-0.4, -0.2) is 56.5 Å². The highest BCUT2D eigenvalue weighted by molar-refractivity contribution is 5.77. The highest BCUT2D eigenvalue weighted by Crippen LogP contribution is 1.94. The minimum absolute atomic E-state index is 0.0460. The molecule has 1 heterocycles. The number of hydrogen-bond acceptors (Lipinski definition) is 4. The van der Waals surface area contributed by atoms with E-state index in [9.17, 15) is 9.59 Å². The highest BCUT2D eigenvalue weighted by Gasteiger charge is 2.09. The molecule has 5 heteroatoms. The first-order valence-electron chi connectivity index (χ1n) is 5.33. The number of hydrogen-bond donors (Lipinski definition) is 1. The summed E-state index contributed by atoms with van der Waals surface area (Å²) in [6, 6.07) is 0. The molecular formula is C10H18N2O3. The van der Waals surface area contributed by atoms with E-state index in [2.05, 4.69) is 10.2 Å². The molecule has 0 aromatic carbocycles. The van der Waals surface area contributed by atoms with Crippen molar-refractivity contribution < 1.29 is 14.3 Å². The van der Waals surface area contributed by atoms with E-state index in [1.165, 1.54) is 0 Å². The van der Waals surface area contributed by atoms with Gasteiger partial charge >= 0.3 is 0 Å². The second-order valence-corrected chi connectivity index (χ2v) is 3.51. The van der Waals surface area contributed by atoms with Gasteiger partial charge in [0.15, 0.2) is 0 Å². The maximum Gasteiger partial charge on any atom is 0.220 e. The zero-order chi connectivity index (χ0) is 10.9. The lowest BCUT2D eigenvalue weighted by molar-refractivity contribution is -0.122. The third kappa shape index (κ3) is 5.49. The van der Waals surface area contributed by atoms with Gasteiger partial charge in [0.25, 0.3) is 0 Å². The first kappa shape index (κ1) is 12.1. The lowest BCUT2D eigenvalue weighted by Crippen LogP contribution is -2.41. The maximum atomic E-state index is 11.1. The van der Waals surface area contributed by atoms with Gasteiger partial charge in [-0.25, -0.2) is 0 Å². The van der Waals surface area contributed by atoms with E-state index in [-0.39, 0.29) is 5.91 Å². The van der Waals surface area contributed by atoms with Crippen molar-refractivity contribution in [3.05, 3.63) is 0 Å². The largest absolute Gasteiger partial charge is 0.379 e. The first-order valence-corrected chi connectivity index (χ1v) is 5.33. The van der Waals surface area contributed by atoms with Gasteiger partial charge in [0.1, 0.15) is 6.29 Å². The van der Waals surface area contributed by atoms with Crippen LogP contribution in [0.2, 0.25) is 0 Å². The van der Waals surface area contributed by atoms with Crippen molar-refractivity contribution in [2.75, 3.05) is 39.4 Å². The molecule has 0 bridgehead atoms. The van der Waals surface area contributed by atoms with Crippen molar-refractivity contribution >= 4 is 12.2 Å². The number of aldehydes is 1. The van der Waals surface area contributed by atoms with Crippen LogP contribution < -0.4 is 5.32 Å². The van der Waals surface area contributed by atoms with E-state index in [0.29, 0.717) is 19.4 Å². The SMILES string of the molecule is O=CCCC(=O)NCCN1CCOCC1. The lowest BCUT2D eigenvalue weighted by Gasteiger charge is -2.26. The molecule has 15 heavy (non-hydrogen) atoms. The Morgan fingerprint density at radius 3 is 2.80 bits per heavy atom. The van der Waals surface area contributed by atoms with Gasteiger partial charge in [0.05, 0.1) is 13.2 Å². The molecule has 1 aliphatic rings. The van der Waals surface area contributed by atoms with Crippen molar-refractivity contribution in [3.63, 3.8) is 0 Å². The second kappa shape index (κ2) is 7.36. The normalized spacial score (nSPS) is 17.3. The molecule has 0 unspecified atom stereocenters. The first-order chi connectivity index (χ1) is 7.33. The Morgan fingerprint density at radius 2 is 2.13 bits per heavy atom. The number of nitrogens with zero attached hydrogens (tertiary/aromatic N) is 1. The summed E-state index contributed by atoms with van der Waals surface area (Å²) >= 11 is 0. The molecule has 1 fully saturated rings. The molecule has 1 saturated heterocycles. The molecule has 0 aromatic rings. The summed E-state index contributed by atoms with van der Waals surface area (Å²) in [4.78, 5) is 23.4. The topological polar surface area (TPSA) is 58.6 Å². The summed E-state index contributed by atoms with van der Waals surface area (Å²) in [6.45, 7) is 4.93. The van der Waals surface area contributed by atoms with Crippen LogP contribution >= 0.6 is 0 Å². The average Bonchev–Trinajstić information content (AvgIpc) is 2.28. The molecule has 0 aliphatic carbocycles. The van der Waals surface area contributed by atoms with Gasteiger partial charge in [-0.1, -0.05) is 0 Å². The van der Waals surface area contributed by atoms with Gasteiger partial charge < -0.3 is 14.8 Å². The fourth-order valence-electron chi connectivity index (χ4n) is 1.46. The number of carbonyl (C=O) groups is 2. The van der Waals surface area contributed by atoms with Gasteiger partial charge in [-0.05, 0) is 0 Å². The molecule has 1 amide bonds. The minimum atomic E-state index is -0.0460. The lowest BCUT2D eigenvalue weighted by atomic mass is 10.3. The maximum absolute atomic E-state index is 11.1. The molecule has 5 nitrogen and oxygen atoms in total. The number of morpholine rings is 1. The van der Waals surface area contributed by atoms with Crippen molar-refractivity contribution in [1.82, 2.24) is 10.2 Å². The third-order valence-electron chi connectivity index (χ3n) is 2.34. The zero-order valence-corrected chi connectivity index (χ0v) is 8.91. The van der Waals surface area contributed by atoms with Gasteiger partial charge in [0, 0.05) is 39.0 Å². The van der Waals surface area contributed by atoms with Crippen LogP contribution in [0.15, 0.2) is 0 Å². The second-order valence-electron chi connectivity index (χ2n) is 3.51. The summed E-state index contributed by atoms with van der Waals surface area (Å²) < 4.78 is 5.21. The summed E-state index contributed by atoms with van der Waals surface area (Å²) in [5.74, 6) is -0.0460. The van der Waals surface area contributed by atoms with Crippen LogP contribution in [0.1, 0.15) is 12.8 Å². The Morgan fingerprint density at radius 1 is 1.40 bits per heavy atom. The predicted molar refractivity (Wildman–Crippen MR) is 55.6 cm³/mol. The zero-order valence-electron chi connectivity index (χ0n) is 8.91. The molecule has 1 aliphatic heterocycles. The quantitative estimate of drug-likeness (QED) is 0.601. The smallest absolute Gasteiger partial charge is 0.220 e. The molecule has 1 rings (SSSR count). The molecule has 0 spiro atoms. The standard InChI is InChI=1S/C10H18N2O3/c13-7-1-2-10(14)11-3-4-12-5-8-15-9-6-12/h7H,1-6,8-9H2,(H,11,14). The monoisotopic (exact) mass is 214 g/mol. The van der Waals surface area contributed by atoms with Crippen LogP contribution in [0.3, 0.4) is 0 Å². The number of ether oxygens (including phenoxy) is 1. The third-order valence-corrected chi connectivity index (χ3v) is 2.34. The molecule has 1 N–H and O–H groups in total. The van der Waals surface area contributed by atoms with Gasteiger partial charge in [-0.2, -0.15) is 0 Å². The van der Waals surface area contributed by atoms with Crippen molar-refractivity contribution in [2.45, 2.75) is 12.8 Å². The van der Waals surface area contributed by atoms with Crippen LogP contribution in [0.5, 0.6) is 0 Å². The Hall–Kier alpha value is -0.940. The number of carbonyl (C=O) groups excluding carboxylic acids is 2. The number of amides is 1. The van der Waals surface area contributed by atoms with Gasteiger partial charge in [-0.3, -0.25) is 9.69 Å². The van der Waals surface area contributed by atoms with E-state index >= 15 is 0 Å². The van der Waals surface area contributed by atoms with Gasteiger partial charge in [-0.15, -0.1) is 0 Å². The fraction of sp³-hybridized carbons (Fsp3) is 0.800. The minimum Gasteiger partial charge on any atom is -0.379 e. The average molecular weight is 214 g/mol. The van der Waals surface area contributed by atoms with Crippen molar-refractivity contribution in [1.29, 1.82) is 0 Å². The summed E-state index contributed by atoms with van der Waals surface area (Å²) in [6.07, 6.45) is 1.37. The Kier molecular flexibility index (Phi) is 5.96. The van der Waals surface area contributed by atoms with Crippen LogP contribution in [-0.2, 0) is 14.3 Å². The van der Waals surface area contributed by atoms with Crippen LogP contribution in [0.25, 0.3) is 0 Å². The fourth-order valence-corrected chi connectivity index (χ4v) is 1.46. The molecule has 86 valence electrons. The van der Waals surface area contributed by atoms with E-state index in [4.69, 9.17) is 4.74 Å². The molecule has 0 saturated carbocycles. The molecule has 0 aromatic heterocycles. The number of nitrogens with one attached hydrogen (secondary N) is 1. The molecule has 0 atom stereocenters. The van der Waals surface area contributed by atoms with Crippen molar-refractivity contribution in [2.24, 2.45) is 0 Å². The Labute approximate surface area is 89.8 Å². The molecule has 0 radical (unpaired) electrons. The van der Waals surface area contributed by atoms with E-state index in [0.717, 1.165) is 39.1 Å². The summed E-state index contributed by atoms with van der Waals surface area (Å²) in [7, 11) is 0. The number of rotatable bonds is 6. The van der Waals surface area contributed by atoms with E-state index in [1.54, 1.807) is 0 Å². The predicted octanol–water partition coefficient (Wildman–Crippen LogP) is -0.586. The van der Waals surface area contributed by atoms with Crippen molar-refractivity contribution in [3.8, 4) is 0 Å². The highest BCUT2D eigenvalue weighted by atomic mass is 16.5. The van der Waals surface area contributed by atoms with Gasteiger partial charge in [0.2, 0.25) is 5.91 Å². The summed E-state index contributed by atoms with van der Waals surface area (Å²) in [5.41, 5.74) is 0. The van der Waals surface area contributed by atoms with E-state index in [1.807, 2.05) is 0 Å². The summed E-state index contributed by atoms with van der Waals surface area (Å²) in [5, 5.41) is 2.78.